The van der Waals surface area contributed by atoms with Gasteiger partial charge in [-0.2, -0.15) is 0 Å². The van der Waals surface area contributed by atoms with Crippen LogP contribution in [-0.4, -0.2) is 35.5 Å². The summed E-state index contributed by atoms with van der Waals surface area (Å²) in [6, 6.07) is 13.0. The third kappa shape index (κ3) is 4.63. The molecule has 0 bridgehead atoms. The number of hydrogen-bond donors (Lipinski definition) is 3. The second-order valence-electron chi connectivity index (χ2n) is 4.43. The van der Waals surface area contributed by atoms with E-state index in [0.29, 0.717) is 5.75 Å². The maximum Gasteiger partial charge on any atom is 0.411 e. The average Bonchev–Trinajstić information content (AvgIpc) is 2.54. The minimum Gasteiger partial charge on any atom is -0.505 e. The molecule has 0 atom stereocenters. The SMILES string of the molecule is O=C(Nc1cccc(C(=O)O)c1O)OCCOc1ccccc1. The lowest BCUT2D eigenvalue weighted by Gasteiger charge is -2.10. The van der Waals surface area contributed by atoms with Gasteiger partial charge in [0.2, 0.25) is 0 Å². The standard InChI is InChI=1S/C16H15NO6/c18-14-12(15(19)20)7-4-8-13(14)17-16(21)23-10-9-22-11-5-2-1-3-6-11/h1-8,18H,9-10H2,(H,17,21)(H,19,20). The van der Waals surface area contributed by atoms with Crippen molar-refractivity contribution in [3.8, 4) is 11.5 Å². The lowest BCUT2D eigenvalue weighted by molar-refractivity contribution is 0.0693. The molecule has 2 rings (SSSR count). The van der Waals surface area contributed by atoms with Gasteiger partial charge in [-0.3, -0.25) is 5.32 Å². The first-order valence-corrected chi connectivity index (χ1v) is 6.75. The zero-order valence-electron chi connectivity index (χ0n) is 12.1. The molecule has 0 aliphatic rings. The van der Waals surface area contributed by atoms with E-state index in [-0.39, 0.29) is 24.5 Å². The van der Waals surface area contributed by atoms with Crippen molar-refractivity contribution in [3.05, 3.63) is 54.1 Å². The number of hydrogen-bond acceptors (Lipinski definition) is 5. The monoisotopic (exact) mass is 317 g/mol. The first kappa shape index (κ1) is 16.2. The van der Waals surface area contributed by atoms with Crippen LogP contribution < -0.4 is 10.1 Å². The van der Waals surface area contributed by atoms with Crippen LogP contribution in [0.3, 0.4) is 0 Å². The molecule has 7 heteroatoms. The number of ether oxygens (including phenoxy) is 2. The summed E-state index contributed by atoms with van der Waals surface area (Å²) in [6.07, 6.45) is -0.820. The number of aromatic carboxylic acids is 1. The number of amides is 1. The van der Waals surface area contributed by atoms with Crippen LogP contribution in [-0.2, 0) is 4.74 Å². The summed E-state index contributed by atoms with van der Waals surface area (Å²) >= 11 is 0. The molecule has 0 aromatic heterocycles. The Kier molecular flexibility index (Phi) is 5.40. The molecule has 7 nitrogen and oxygen atoms in total. The van der Waals surface area contributed by atoms with Gasteiger partial charge in [-0.15, -0.1) is 0 Å². The molecule has 0 saturated heterocycles. The molecule has 0 aliphatic heterocycles. The summed E-state index contributed by atoms with van der Waals surface area (Å²) in [5.41, 5.74) is -0.353. The van der Waals surface area contributed by atoms with Crippen LogP contribution in [0.5, 0.6) is 11.5 Å². The molecule has 2 aromatic carbocycles. The van der Waals surface area contributed by atoms with Gasteiger partial charge in [0.05, 0.1) is 5.69 Å². The Labute approximate surface area is 132 Å². The van der Waals surface area contributed by atoms with Crippen molar-refractivity contribution in [1.82, 2.24) is 0 Å². The fourth-order valence-corrected chi connectivity index (χ4v) is 1.77. The minimum atomic E-state index is -1.30. The predicted octanol–water partition coefficient (Wildman–Crippen LogP) is 2.72. The van der Waals surface area contributed by atoms with Gasteiger partial charge < -0.3 is 19.7 Å². The van der Waals surface area contributed by atoms with Gasteiger partial charge in [-0.25, -0.2) is 9.59 Å². The van der Waals surface area contributed by atoms with E-state index in [9.17, 15) is 14.7 Å². The molecule has 1 amide bonds. The number of para-hydroxylation sites is 2. The van der Waals surface area contributed by atoms with Gasteiger partial charge in [0.15, 0.2) is 5.75 Å². The highest BCUT2D eigenvalue weighted by atomic mass is 16.6. The molecule has 0 heterocycles. The van der Waals surface area contributed by atoms with E-state index in [0.717, 1.165) is 0 Å². The van der Waals surface area contributed by atoms with E-state index in [1.54, 1.807) is 12.1 Å². The number of anilines is 1. The molecule has 120 valence electrons. The number of carbonyl (C=O) groups is 2. The van der Waals surface area contributed by atoms with Crippen LogP contribution in [0.1, 0.15) is 10.4 Å². The minimum absolute atomic E-state index is 0.000110. The van der Waals surface area contributed by atoms with Crippen molar-refractivity contribution in [1.29, 1.82) is 0 Å². The normalized spacial score (nSPS) is 9.91. The number of phenols is 1. The molecule has 2 aromatic rings. The summed E-state index contributed by atoms with van der Waals surface area (Å²) in [5, 5.41) is 20.9. The number of benzene rings is 2. The van der Waals surface area contributed by atoms with Gasteiger partial charge in [0.25, 0.3) is 0 Å². The van der Waals surface area contributed by atoms with Crippen LogP contribution in [0.25, 0.3) is 0 Å². The van der Waals surface area contributed by atoms with Gasteiger partial charge in [-0.05, 0) is 24.3 Å². The second kappa shape index (κ2) is 7.69. The van der Waals surface area contributed by atoms with E-state index in [1.165, 1.54) is 18.2 Å². The Morgan fingerprint density at radius 3 is 2.43 bits per heavy atom. The summed E-state index contributed by atoms with van der Waals surface area (Å²) in [4.78, 5) is 22.5. The first-order chi connectivity index (χ1) is 11.1. The van der Waals surface area contributed by atoms with E-state index in [1.807, 2.05) is 18.2 Å². The average molecular weight is 317 g/mol. The molecule has 0 fully saturated rings. The highest BCUT2D eigenvalue weighted by Crippen LogP contribution is 2.27. The van der Waals surface area contributed by atoms with Crippen molar-refractivity contribution >= 4 is 17.7 Å². The fraction of sp³-hybridized carbons (Fsp3) is 0.125. The summed E-state index contributed by atoms with van der Waals surface area (Å²) in [7, 11) is 0. The lowest BCUT2D eigenvalue weighted by Crippen LogP contribution is -2.18. The van der Waals surface area contributed by atoms with E-state index in [4.69, 9.17) is 14.6 Å². The molecular weight excluding hydrogens is 302 g/mol. The first-order valence-electron chi connectivity index (χ1n) is 6.75. The van der Waals surface area contributed by atoms with E-state index >= 15 is 0 Å². The largest absolute Gasteiger partial charge is 0.505 e. The van der Waals surface area contributed by atoms with Gasteiger partial charge in [0, 0.05) is 0 Å². The molecular formula is C16H15NO6. The van der Waals surface area contributed by atoms with Crippen molar-refractivity contribution in [2.45, 2.75) is 0 Å². The van der Waals surface area contributed by atoms with Crippen molar-refractivity contribution in [2.24, 2.45) is 0 Å². The third-order valence-corrected chi connectivity index (χ3v) is 2.83. The number of carboxylic acids is 1. The highest BCUT2D eigenvalue weighted by Gasteiger charge is 2.14. The molecule has 0 saturated carbocycles. The number of aromatic hydroxyl groups is 1. The fourth-order valence-electron chi connectivity index (χ4n) is 1.77. The van der Waals surface area contributed by atoms with Gasteiger partial charge >= 0.3 is 12.1 Å². The topological polar surface area (TPSA) is 105 Å². The van der Waals surface area contributed by atoms with Crippen LogP contribution in [0.4, 0.5) is 10.5 Å². The maximum atomic E-state index is 11.6. The zero-order chi connectivity index (χ0) is 16.7. The Bertz CT molecular complexity index is 686. The van der Waals surface area contributed by atoms with Gasteiger partial charge in [-0.1, -0.05) is 24.3 Å². The van der Waals surface area contributed by atoms with E-state index < -0.39 is 17.8 Å². The smallest absolute Gasteiger partial charge is 0.411 e. The zero-order valence-corrected chi connectivity index (χ0v) is 12.1. The Morgan fingerprint density at radius 1 is 1.00 bits per heavy atom. The molecule has 3 N–H and O–H groups in total. The maximum absolute atomic E-state index is 11.6. The van der Waals surface area contributed by atoms with Crippen molar-refractivity contribution < 1.29 is 29.3 Å². The van der Waals surface area contributed by atoms with Crippen molar-refractivity contribution in [2.75, 3.05) is 18.5 Å². The quantitative estimate of drug-likeness (QED) is 0.559. The van der Waals surface area contributed by atoms with Crippen molar-refractivity contribution in [3.63, 3.8) is 0 Å². The number of carboxylic acid groups (broad SMARTS) is 1. The summed E-state index contributed by atoms with van der Waals surface area (Å²) < 4.78 is 10.2. The molecule has 0 spiro atoms. The van der Waals surface area contributed by atoms with Crippen LogP contribution >= 0.6 is 0 Å². The van der Waals surface area contributed by atoms with Crippen LogP contribution in [0, 0.1) is 0 Å². The van der Waals surface area contributed by atoms with E-state index in [2.05, 4.69) is 5.32 Å². The molecule has 0 radical (unpaired) electrons. The predicted molar refractivity (Wildman–Crippen MR) is 82.0 cm³/mol. The van der Waals surface area contributed by atoms with Crippen LogP contribution in [0.2, 0.25) is 0 Å². The summed E-state index contributed by atoms with van der Waals surface area (Å²) in [6.45, 7) is 0.165. The highest BCUT2D eigenvalue weighted by molar-refractivity contribution is 5.96. The Balaban J connectivity index is 1.81. The number of rotatable bonds is 6. The Morgan fingerprint density at radius 2 is 1.74 bits per heavy atom. The third-order valence-electron chi connectivity index (χ3n) is 2.83. The number of carbonyl (C=O) groups excluding carboxylic acids is 1. The lowest BCUT2D eigenvalue weighted by atomic mass is 10.2. The molecule has 0 aliphatic carbocycles. The molecule has 0 unspecified atom stereocenters. The molecule has 23 heavy (non-hydrogen) atoms. The summed E-state index contributed by atoms with van der Waals surface area (Å²) in [5.74, 6) is -1.17. The Hall–Kier alpha value is -3.22. The van der Waals surface area contributed by atoms with Crippen LogP contribution in [0.15, 0.2) is 48.5 Å². The second-order valence-corrected chi connectivity index (χ2v) is 4.43. The number of nitrogens with one attached hydrogen (secondary N) is 1. The van der Waals surface area contributed by atoms with Gasteiger partial charge in [0.1, 0.15) is 24.5 Å².